The molecule has 6 nitrogen and oxygen atoms in total. The highest BCUT2D eigenvalue weighted by atomic mass is 19.1. The van der Waals surface area contributed by atoms with Crippen LogP contribution in [0.3, 0.4) is 0 Å². The number of halogens is 1. The summed E-state index contributed by atoms with van der Waals surface area (Å²) < 4.78 is 13.3. The molecule has 1 atom stereocenters. The molecular formula is C11H15FN2O4. The normalized spacial score (nSPS) is 14.2. The zero-order chi connectivity index (χ0) is 13.8. The van der Waals surface area contributed by atoms with Crippen molar-refractivity contribution in [2.75, 3.05) is 13.2 Å². The topological polar surface area (TPSA) is 95.6 Å². The van der Waals surface area contributed by atoms with Gasteiger partial charge in [0.2, 0.25) is 5.82 Å². The van der Waals surface area contributed by atoms with Crippen molar-refractivity contribution in [2.24, 2.45) is 0 Å². The summed E-state index contributed by atoms with van der Waals surface area (Å²) in [4.78, 5) is 9.62. The van der Waals surface area contributed by atoms with E-state index in [1.54, 1.807) is 0 Å². The standard InChI is InChI=1S/C11H15FN2O4/c1-11(16,7-15)6-13-5-8-2-3-10(14(17)18)9(12)4-8/h2-4,13,15-16H,5-7H2,1H3. The van der Waals surface area contributed by atoms with E-state index in [-0.39, 0.29) is 13.1 Å². The van der Waals surface area contributed by atoms with Gasteiger partial charge in [-0.1, -0.05) is 6.07 Å². The van der Waals surface area contributed by atoms with E-state index in [2.05, 4.69) is 5.32 Å². The van der Waals surface area contributed by atoms with Crippen LogP contribution >= 0.6 is 0 Å². The number of rotatable bonds is 6. The molecule has 0 heterocycles. The molecule has 1 aromatic rings. The molecule has 0 saturated heterocycles. The molecule has 0 saturated carbocycles. The predicted molar refractivity (Wildman–Crippen MR) is 62.5 cm³/mol. The first-order chi connectivity index (χ1) is 8.35. The van der Waals surface area contributed by atoms with E-state index in [1.807, 2.05) is 0 Å². The van der Waals surface area contributed by atoms with Crippen LogP contribution in [-0.2, 0) is 6.54 Å². The third kappa shape index (κ3) is 4.02. The van der Waals surface area contributed by atoms with Crippen LogP contribution in [0.15, 0.2) is 18.2 Å². The Morgan fingerprint density at radius 3 is 2.72 bits per heavy atom. The average molecular weight is 258 g/mol. The van der Waals surface area contributed by atoms with Gasteiger partial charge in [-0.05, 0) is 18.6 Å². The number of nitro groups is 1. The number of nitro benzene ring substituents is 1. The van der Waals surface area contributed by atoms with Gasteiger partial charge in [0.05, 0.1) is 17.1 Å². The maximum atomic E-state index is 13.3. The van der Waals surface area contributed by atoms with Crippen molar-refractivity contribution in [1.82, 2.24) is 5.32 Å². The van der Waals surface area contributed by atoms with E-state index >= 15 is 0 Å². The zero-order valence-electron chi connectivity index (χ0n) is 9.89. The van der Waals surface area contributed by atoms with Crippen molar-refractivity contribution in [2.45, 2.75) is 19.1 Å². The molecule has 3 N–H and O–H groups in total. The Labute approximate surface area is 103 Å². The Morgan fingerprint density at radius 2 is 2.22 bits per heavy atom. The monoisotopic (exact) mass is 258 g/mol. The van der Waals surface area contributed by atoms with E-state index in [0.717, 1.165) is 12.1 Å². The first-order valence-corrected chi connectivity index (χ1v) is 5.32. The number of nitrogens with zero attached hydrogens (tertiary/aromatic N) is 1. The zero-order valence-corrected chi connectivity index (χ0v) is 9.89. The van der Waals surface area contributed by atoms with E-state index in [1.165, 1.54) is 13.0 Å². The highest BCUT2D eigenvalue weighted by Gasteiger charge is 2.18. The van der Waals surface area contributed by atoms with Crippen LogP contribution in [0.4, 0.5) is 10.1 Å². The number of hydrogen-bond acceptors (Lipinski definition) is 5. The second-order valence-corrected chi connectivity index (χ2v) is 4.30. The third-order valence-electron chi connectivity index (χ3n) is 2.38. The fourth-order valence-electron chi connectivity index (χ4n) is 1.34. The van der Waals surface area contributed by atoms with Gasteiger partial charge < -0.3 is 15.5 Å². The highest BCUT2D eigenvalue weighted by molar-refractivity contribution is 5.34. The van der Waals surface area contributed by atoms with E-state index < -0.39 is 28.6 Å². The molecule has 1 aromatic carbocycles. The first kappa shape index (κ1) is 14.5. The van der Waals surface area contributed by atoms with Crippen LogP contribution in [0.25, 0.3) is 0 Å². The van der Waals surface area contributed by atoms with Gasteiger partial charge in [-0.15, -0.1) is 0 Å². The Morgan fingerprint density at radius 1 is 1.56 bits per heavy atom. The van der Waals surface area contributed by atoms with Crippen molar-refractivity contribution in [3.8, 4) is 0 Å². The minimum absolute atomic E-state index is 0.127. The number of benzene rings is 1. The van der Waals surface area contributed by atoms with Crippen molar-refractivity contribution in [3.05, 3.63) is 39.7 Å². The second-order valence-electron chi connectivity index (χ2n) is 4.30. The van der Waals surface area contributed by atoms with Gasteiger partial charge in [0.1, 0.15) is 0 Å². The Kier molecular flexibility index (Phi) is 4.71. The molecule has 1 unspecified atom stereocenters. The van der Waals surface area contributed by atoms with Crippen LogP contribution in [0.2, 0.25) is 0 Å². The largest absolute Gasteiger partial charge is 0.393 e. The van der Waals surface area contributed by atoms with Crippen molar-refractivity contribution in [3.63, 3.8) is 0 Å². The van der Waals surface area contributed by atoms with Gasteiger partial charge in [-0.3, -0.25) is 10.1 Å². The minimum atomic E-state index is -1.25. The number of aliphatic hydroxyl groups excluding tert-OH is 1. The summed E-state index contributed by atoms with van der Waals surface area (Å²) in [6.07, 6.45) is 0. The molecule has 0 aliphatic carbocycles. The quantitative estimate of drug-likeness (QED) is 0.512. The summed E-state index contributed by atoms with van der Waals surface area (Å²) in [6, 6.07) is 3.59. The smallest absolute Gasteiger partial charge is 0.304 e. The molecule has 0 radical (unpaired) electrons. The SMILES string of the molecule is CC(O)(CO)CNCc1ccc([N+](=O)[O-])c(F)c1. The highest BCUT2D eigenvalue weighted by Crippen LogP contribution is 2.17. The average Bonchev–Trinajstić information content (AvgIpc) is 2.28. The van der Waals surface area contributed by atoms with E-state index in [4.69, 9.17) is 5.11 Å². The molecule has 0 bridgehead atoms. The van der Waals surface area contributed by atoms with Crippen LogP contribution in [0, 0.1) is 15.9 Å². The van der Waals surface area contributed by atoms with Gasteiger partial charge in [0, 0.05) is 19.2 Å². The van der Waals surface area contributed by atoms with Crippen molar-refractivity contribution in [1.29, 1.82) is 0 Å². The van der Waals surface area contributed by atoms with E-state index in [9.17, 15) is 19.6 Å². The molecular weight excluding hydrogens is 243 g/mol. The summed E-state index contributed by atoms with van der Waals surface area (Å²) in [7, 11) is 0. The molecule has 0 fully saturated rings. The van der Waals surface area contributed by atoms with Crippen molar-refractivity contribution < 1.29 is 19.5 Å². The maximum absolute atomic E-state index is 13.3. The summed E-state index contributed by atoms with van der Waals surface area (Å²) in [5.74, 6) is -0.895. The Bertz CT molecular complexity index is 437. The summed E-state index contributed by atoms with van der Waals surface area (Å²) in [5.41, 5.74) is -1.30. The van der Waals surface area contributed by atoms with Gasteiger partial charge >= 0.3 is 5.69 Å². The molecule has 7 heteroatoms. The minimum Gasteiger partial charge on any atom is -0.393 e. The molecule has 0 spiro atoms. The van der Waals surface area contributed by atoms with Crippen LogP contribution in [0.1, 0.15) is 12.5 Å². The molecule has 1 rings (SSSR count). The van der Waals surface area contributed by atoms with E-state index in [0.29, 0.717) is 5.56 Å². The van der Waals surface area contributed by atoms with Gasteiger partial charge in [0.25, 0.3) is 0 Å². The predicted octanol–water partition coefficient (Wildman–Crippen LogP) is 0.567. The Hall–Kier alpha value is -1.57. The molecule has 18 heavy (non-hydrogen) atoms. The molecule has 100 valence electrons. The third-order valence-corrected chi connectivity index (χ3v) is 2.38. The molecule has 0 aliphatic rings. The number of nitrogens with one attached hydrogen (secondary N) is 1. The summed E-state index contributed by atoms with van der Waals surface area (Å²) in [6.45, 7) is 1.43. The fraction of sp³-hybridized carbons (Fsp3) is 0.455. The van der Waals surface area contributed by atoms with Gasteiger partial charge in [-0.25, -0.2) is 0 Å². The molecule has 0 aromatic heterocycles. The lowest BCUT2D eigenvalue weighted by Crippen LogP contribution is -2.40. The Balaban J connectivity index is 2.59. The molecule has 0 amide bonds. The second kappa shape index (κ2) is 5.85. The lowest BCUT2D eigenvalue weighted by Gasteiger charge is -2.20. The van der Waals surface area contributed by atoms with Crippen molar-refractivity contribution >= 4 is 5.69 Å². The van der Waals surface area contributed by atoms with Crippen LogP contribution < -0.4 is 5.32 Å². The number of aliphatic hydroxyl groups is 2. The first-order valence-electron chi connectivity index (χ1n) is 5.32. The lowest BCUT2D eigenvalue weighted by molar-refractivity contribution is -0.387. The summed E-state index contributed by atoms with van der Waals surface area (Å²) >= 11 is 0. The fourth-order valence-corrected chi connectivity index (χ4v) is 1.34. The van der Waals surface area contributed by atoms with Crippen LogP contribution in [0.5, 0.6) is 0 Å². The van der Waals surface area contributed by atoms with Gasteiger partial charge in [0.15, 0.2) is 0 Å². The van der Waals surface area contributed by atoms with Crippen LogP contribution in [-0.4, -0.2) is 33.9 Å². The lowest BCUT2D eigenvalue weighted by atomic mass is 10.1. The van der Waals surface area contributed by atoms with Gasteiger partial charge in [-0.2, -0.15) is 4.39 Å². The number of hydrogen-bond donors (Lipinski definition) is 3. The summed E-state index contributed by atoms with van der Waals surface area (Å²) in [5, 5.41) is 31.5. The maximum Gasteiger partial charge on any atom is 0.304 e. The molecule has 0 aliphatic heterocycles.